The van der Waals surface area contributed by atoms with Crippen LogP contribution in [0, 0.1) is 18.8 Å². The normalized spacial score (nSPS) is 16.6. The van der Waals surface area contributed by atoms with E-state index in [1.54, 1.807) is 56.0 Å². The molecule has 1 unspecified atom stereocenters. The number of ether oxygens (including phenoxy) is 1. The van der Waals surface area contributed by atoms with Crippen molar-refractivity contribution < 1.29 is 70.9 Å². The number of aliphatic hydroxyl groups is 1. The molecule has 4 aliphatic rings. The van der Waals surface area contributed by atoms with Gasteiger partial charge in [0.15, 0.2) is 5.91 Å². The quantitative estimate of drug-likeness (QED) is 0.0691. The van der Waals surface area contributed by atoms with E-state index in [-0.39, 0.29) is 79.4 Å². The van der Waals surface area contributed by atoms with E-state index < -0.39 is 41.7 Å². The maximum atomic E-state index is 15.3. The molecule has 3 aromatic heterocycles. The predicted molar refractivity (Wildman–Crippen MR) is 265 cm³/mol. The molecule has 10 rings (SSSR count). The number of rotatable bonds is 14. The number of pyridine rings is 3. The number of halogens is 1. The van der Waals surface area contributed by atoms with Gasteiger partial charge < -0.3 is 51.4 Å². The van der Waals surface area contributed by atoms with Crippen molar-refractivity contribution in [1.29, 1.82) is 0 Å². The monoisotopic (exact) mass is 1070 g/mol. The number of aryl methyl sites for hydroxylation is 1. The van der Waals surface area contributed by atoms with Crippen molar-refractivity contribution in [1.82, 2.24) is 34.6 Å². The third-order valence-corrected chi connectivity index (χ3v) is 13.2. The molecule has 1 aliphatic carbocycles. The largest absolute Gasteiger partial charge is 0.392 e. The number of piperazine rings is 1. The molecule has 18 nitrogen and oxygen atoms in total. The number of hydrogen-bond acceptors (Lipinski definition) is 13. The molecule has 4 N–H and O–H groups in total. The Morgan fingerprint density at radius 3 is 2.41 bits per heavy atom. The van der Waals surface area contributed by atoms with Gasteiger partial charge in [-0.25, -0.2) is 9.37 Å². The van der Waals surface area contributed by atoms with Gasteiger partial charge in [0.2, 0.25) is 17.7 Å². The number of imide groups is 2. The van der Waals surface area contributed by atoms with E-state index in [0.717, 1.165) is 61.7 Å². The Balaban J connectivity index is 0.000000297. The summed E-state index contributed by atoms with van der Waals surface area (Å²) < 4.78 is 23.7. The molecule has 2 saturated heterocycles. The number of nitrogens with one attached hydrogen (secondary N) is 3. The summed E-state index contributed by atoms with van der Waals surface area (Å²) in [6.07, 6.45) is 7.43. The summed E-state index contributed by atoms with van der Waals surface area (Å²) in [5, 5.41) is 19.1. The van der Waals surface area contributed by atoms with Crippen LogP contribution in [0.2, 0.25) is 0 Å². The van der Waals surface area contributed by atoms with Gasteiger partial charge >= 0.3 is 0 Å². The van der Waals surface area contributed by atoms with Crippen LogP contribution in [0.3, 0.4) is 0 Å². The number of carbonyl (C=O) groups excluding carboxylic acids is 5. The van der Waals surface area contributed by atoms with Gasteiger partial charge in [0, 0.05) is 109 Å². The zero-order valence-electron chi connectivity index (χ0n) is 40.1. The summed E-state index contributed by atoms with van der Waals surface area (Å²) in [4.78, 5) is 95.1. The van der Waals surface area contributed by atoms with Gasteiger partial charge in [-0.05, 0) is 83.7 Å². The Kier molecular flexibility index (Phi) is 16.4. The van der Waals surface area contributed by atoms with Gasteiger partial charge in [-0.1, -0.05) is 23.8 Å². The minimum atomic E-state index is -0.918. The number of benzene rings is 3. The average molecular weight is 1070 g/mol. The van der Waals surface area contributed by atoms with E-state index in [9.17, 15) is 38.7 Å². The van der Waals surface area contributed by atoms with Gasteiger partial charge in [-0.2, -0.15) is 0 Å². The Bertz CT molecular complexity index is 3190. The second-order valence-corrected chi connectivity index (χ2v) is 18.0. The topological polar surface area (TPSA) is 218 Å². The van der Waals surface area contributed by atoms with E-state index in [0.29, 0.717) is 64.9 Å². The first-order valence-electron chi connectivity index (χ1n) is 23.7. The van der Waals surface area contributed by atoms with Gasteiger partial charge in [-0.3, -0.25) is 38.8 Å². The van der Waals surface area contributed by atoms with E-state index >= 15 is 4.39 Å². The summed E-state index contributed by atoms with van der Waals surface area (Å²) in [6, 6.07) is 22.4. The summed E-state index contributed by atoms with van der Waals surface area (Å²) >= 11 is 0. The number of fused-ring (bicyclic) bond motifs is 2. The number of amides is 5. The van der Waals surface area contributed by atoms with E-state index in [2.05, 4.69) is 43.7 Å². The average Bonchev–Trinajstić information content (AvgIpc) is 4.20. The molecule has 20 heteroatoms. The van der Waals surface area contributed by atoms with Crippen LogP contribution in [0.4, 0.5) is 21.6 Å². The van der Waals surface area contributed by atoms with Crippen molar-refractivity contribution in [3.8, 4) is 16.8 Å². The molecular weight excluding hydrogens is 1010 g/mol. The summed E-state index contributed by atoms with van der Waals surface area (Å²) in [7, 11) is 1.65. The number of aromatic nitrogens is 3. The second-order valence-electron chi connectivity index (χ2n) is 18.0. The van der Waals surface area contributed by atoms with Crippen molar-refractivity contribution in [3.63, 3.8) is 0 Å². The fourth-order valence-electron chi connectivity index (χ4n) is 9.30. The number of hydrogen-bond donors (Lipinski definition) is 4. The summed E-state index contributed by atoms with van der Waals surface area (Å²) in [5.41, 5.74) is 3.99. The number of aliphatic hydroxyl groups excluding tert-OH is 1. The van der Waals surface area contributed by atoms with Gasteiger partial charge in [0.1, 0.15) is 23.4 Å². The van der Waals surface area contributed by atoms with Gasteiger partial charge in [0.25, 0.3) is 11.1 Å². The molecule has 3 aliphatic heterocycles. The molecule has 5 amide bonds. The van der Waals surface area contributed by atoms with Crippen molar-refractivity contribution >= 4 is 57.5 Å². The Morgan fingerprint density at radius 2 is 1.71 bits per heavy atom. The van der Waals surface area contributed by atoms with Crippen LogP contribution in [0.5, 0.6) is 0 Å². The number of anilines is 3. The van der Waals surface area contributed by atoms with Crippen LogP contribution in [0.25, 0.3) is 27.6 Å². The van der Waals surface area contributed by atoms with E-state index in [1.807, 2.05) is 24.3 Å². The van der Waals surface area contributed by atoms with Crippen LogP contribution >= 0.6 is 0 Å². The van der Waals surface area contributed by atoms with E-state index in [1.165, 1.54) is 27.3 Å². The van der Waals surface area contributed by atoms with Gasteiger partial charge in [-0.15, -0.1) is 24.3 Å². The SMILES string of the molecule is O=C1CCC(N2C(=O)c3[c-]cccc3C2=O)C(=O)N1.[CH2-]C(=O)NCCOCCN1CCN(c2ccc(Nc3cc(-c4cccc(-n5ccc6cc(C7CC7)cc(F)c6c5=O)c4CO)cn(C)c3=O)nc2)CC1.[Y]. The van der Waals surface area contributed by atoms with Crippen LogP contribution in [-0.4, -0.2) is 117 Å². The number of nitrogens with zero attached hydrogens (tertiary/aromatic N) is 6. The predicted octanol–water partition coefficient (Wildman–Crippen LogP) is 3.98. The van der Waals surface area contributed by atoms with Crippen LogP contribution < -0.4 is 32.0 Å². The van der Waals surface area contributed by atoms with Gasteiger partial charge in [0.05, 0.1) is 48.7 Å². The molecule has 1 saturated carbocycles. The molecule has 375 valence electrons. The molecular formula is C53H52FN9O9Y-2. The van der Waals surface area contributed by atoms with Crippen molar-refractivity contribution in [2.45, 2.75) is 44.2 Å². The Labute approximate surface area is 444 Å². The first-order chi connectivity index (χ1) is 34.8. The van der Waals surface area contributed by atoms with Crippen molar-refractivity contribution in [2.24, 2.45) is 7.05 Å². The van der Waals surface area contributed by atoms with Crippen LogP contribution in [0.15, 0.2) is 101 Å². The molecule has 1 radical (unpaired) electrons. The first-order valence-corrected chi connectivity index (χ1v) is 23.7. The van der Waals surface area contributed by atoms with E-state index in [4.69, 9.17) is 4.74 Å². The standard InChI is InChI=1S/C40H43FN7O5.C13H9N2O4.Y/c1-26(50)42-11-18-53-19-17-46-13-15-47(16-14-46)31-8-9-37(43-23-31)44-35-22-30(24-45(2)39(35)51)32-4-3-5-36(33(32)25-49)48-12-10-28-20-29(27-6-7-27)21-34(41)38(28)40(48)52;16-10-6-5-9(11(17)14-10)15-12(18)7-3-1-2-4-8(7)13(15)19;/h3-5,8-10,12,20-24,27,49H,1,6-7,11,13-19,25H2,2H3,(H,42,50)(H,43,44);1-3,9H,5-6H2,(H,14,16,17);/q2*-1;. The van der Waals surface area contributed by atoms with Crippen LogP contribution in [0.1, 0.15) is 63.4 Å². The molecule has 1 atom stereocenters. The Morgan fingerprint density at radius 1 is 0.932 bits per heavy atom. The second kappa shape index (κ2) is 22.9. The zero-order valence-corrected chi connectivity index (χ0v) is 42.9. The maximum Gasteiger partial charge on any atom is 0.274 e. The van der Waals surface area contributed by atoms with Crippen molar-refractivity contribution in [2.75, 3.05) is 62.7 Å². The third-order valence-electron chi connectivity index (χ3n) is 13.2. The third kappa shape index (κ3) is 11.5. The summed E-state index contributed by atoms with van der Waals surface area (Å²) in [5.74, 6) is -2.03. The van der Waals surface area contributed by atoms with Crippen molar-refractivity contribution in [3.05, 3.63) is 153 Å². The zero-order chi connectivity index (χ0) is 50.6. The minimum Gasteiger partial charge on any atom is -0.392 e. The summed E-state index contributed by atoms with van der Waals surface area (Å²) in [6.45, 7) is 8.63. The molecule has 0 spiro atoms. The fourth-order valence-corrected chi connectivity index (χ4v) is 9.30. The molecule has 3 aromatic carbocycles. The Hall–Kier alpha value is -6.90. The fraction of sp³-hybridized carbons (Fsp3) is 0.302. The van der Waals surface area contributed by atoms with Crippen LogP contribution in [-0.2, 0) is 65.5 Å². The number of piperidine rings is 1. The maximum absolute atomic E-state index is 15.3. The molecule has 3 fully saturated rings. The minimum absolute atomic E-state index is 0. The smallest absolute Gasteiger partial charge is 0.274 e. The molecule has 0 bridgehead atoms. The molecule has 6 aromatic rings. The molecule has 6 heterocycles. The number of carbonyl (C=O) groups is 5. The molecule has 73 heavy (non-hydrogen) atoms. The first kappa shape index (κ1) is 52.4.